The van der Waals surface area contributed by atoms with Gasteiger partial charge in [0.25, 0.3) is 0 Å². The van der Waals surface area contributed by atoms with Gasteiger partial charge in [-0.15, -0.1) is 0 Å². The number of nitrogens with one attached hydrogen (secondary N) is 1. The highest BCUT2D eigenvalue weighted by Gasteiger charge is 2.30. The Bertz CT molecular complexity index is 191. The van der Waals surface area contributed by atoms with Crippen LogP contribution in [0.2, 0.25) is 0 Å². The lowest BCUT2D eigenvalue weighted by atomic mass is 10.0. The lowest BCUT2D eigenvalue weighted by Crippen LogP contribution is -2.46. The summed E-state index contributed by atoms with van der Waals surface area (Å²) in [5.74, 6) is 0.152. The first-order valence-electron chi connectivity index (χ1n) is 5.11. The molecule has 1 unspecified atom stereocenters. The number of carbonyl (C=O) groups is 1. The van der Waals surface area contributed by atoms with E-state index in [0.29, 0.717) is 13.0 Å². The summed E-state index contributed by atoms with van der Waals surface area (Å²) < 4.78 is 5.26. The van der Waals surface area contributed by atoms with E-state index in [-0.39, 0.29) is 11.4 Å². The Morgan fingerprint density at radius 2 is 2.36 bits per heavy atom. The molecule has 1 N–H and O–H groups in total. The van der Waals surface area contributed by atoms with Crippen molar-refractivity contribution in [1.82, 2.24) is 5.32 Å². The molecule has 0 spiro atoms. The summed E-state index contributed by atoms with van der Waals surface area (Å²) in [6.07, 6.45) is 3.56. The number of alkyl halides is 1. The third kappa shape index (κ3) is 3.96. The minimum absolute atomic E-state index is 0.120. The second-order valence-corrected chi connectivity index (χ2v) is 4.85. The first-order valence-corrected chi connectivity index (χ1v) is 6.23. The number of rotatable bonds is 5. The van der Waals surface area contributed by atoms with Crippen LogP contribution in [0.3, 0.4) is 0 Å². The molecule has 0 aromatic carbocycles. The monoisotopic (exact) mass is 263 g/mol. The molecule has 0 aliphatic carbocycles. The molecule has 14 heavy (non-hydrogen) atoms. The third-order valence-electron chi connectivity index (χ3n) is 2.45. The van der Waals surface area contributed by atoms with Crippen LogP contribution in [0.4, 0.5) is 0 Å². The minimum Gasteiger partial charge on any atom is -0.379 e. The molecule has 82 valence electrons. The maximum Gasteiger partial charge on any atom is 0.220 e. The standard InChI is InChI=1S/C10H18BrNO2/c1-10(5-7-14-8-10)12-9(13)4-2-3-6-11/h2-8H2,1H3,(H,12,13). The Morgan fingerprint density at radius 3 is 2.93 bits per heavy atom. The number of hydrogen-bond acceptors (Lipinski definition) is 2. The molecule has 1 heterocycles. The number of carbonyl (C=O) groups excluding carboxylic acids is 1. The van der Waals surface area contributed by atoms with Gasteiger partial charge < -0.3 is 10.1 Å². The fourth-order valence-corrected chi connectivity index (χ4v) is 1.94. The number of ether oxygens (including phenoxy) is 1. The zero-order chi connectivity index (χ0) is 10.4. The molecular weight excluding hydrogens is 246 g/mol. The van der Waals surface area contributed by atoms with Crippen LogP contribution in [0.5, 0.6) is 0 Å². The highest BCUT2D eigenvalue weighted by molar-refractivity contribution is 9.09. The zero-order valence-electron chi connectivity index (χ0n) is 8.64. The average Bonchev–Trinajstić information content (AvgIpc) is 2.52. The molecule has 1 atom stereocenters. The summed E-state index contributed by atoms with van der Waals surface area (Å²) in [5, 5.41) is 4.01. The van der Waals surface area contributed by atoms with Crippen LogP contribution in [-0.2, 0) is 9.53 Å². The normalized spacial score (nSPS) is 26.4. The summed E-state index contributed by atoms with van der Waals surface area (Å²) in [7, 11) is 0. The Morgan fingerprint density at radius 1 is 1.57 bits per heavy atom. The molecule has 1 aliphatic heterocycles. The van der Waals surface area contributed by atoms with Gasteiger partial charge in [-0.2, -0.15) is 0 Å². The second kappa shape index (κ2) is 5.71. The first kappa shape index (κ1) is 12.0. The maximum absolute atomic E-state index is 11.5. The summed E-state index contributed by atoms with van der Waals surface area (Å²) in [6, 6.07) is 0. The van der Waals surface area contributed by atoms with Crippen molar-refractivity contribution < 1.29 is 9.53 Å². The first-order chi connectivity index (χ1) is 6.66. The smallest absolute Gasteiger partial charge is 0.220 e. The van der Waals surface area contributed by atoms with Gasteiger partial charge in [0.05, 0.1) is 12.1 Å². The van der Waals surface area contributed by atoms with Crippen molar-refractivity contribution in [2.45, 2.75) is 38.1 Å². The molecule has 0 bridgehead atoms. The van der Waals surface area contributed by atoms with Gasteiger partial charge >= 0.3 is 0 Å². The van der Waals surface area contributed by atoms with Crippen LogP contribution < -0.4 is 5.32 Å². The topological polar surface area (TPSA) is 38.3 Å². The van der Waals surface area contributed by atoms with Gasteiger partial charge in [-0.3, -0.25) is 4.79 Å². The molecule has 4 heteroatoms. The minimum atomic E-state index is -0.120. The van der Waals surface area contributed by atoms with Crippen LogP contribution >= 0.6 is 15.9 Å². The number of unbranched alkanes of at least 4 members (excludes halogenated alkanes) is 1. The predicted octanol–water partition coefficient (Wildman–Crippen LogP) is 1.85. The van der Waals surface area contributed by atoms with E-state index in [1.165, 1.54) is 0 Å². The molecular formula is C10H18BrNO2. The third-order valence-corrected chi connectivity index (χ3v) is 3.01. The van der Waals surface area contributed by atoms with Crippen molar-refractivity contribution in [2.75, 3.05) is 18.5 Å². The van der Waals surface area contributed by atoms with Crippen LogP contribution in [0.15, 0.2) is 0 Å². The van der Waals surface area contributed by atoms with Crippen molar-refractivity contribution in [2.24, 2.45) is 0 Å². The summed E-state index contributed by atoms with van der Waals surface area (Å²) in [4.78, 5) is 11.5. The molecule has 1 fully saturated rings. The van der Waals surface area contributed by atoms with E-state index in [0.717, 1.165) is 31.2 Å². The Labute approximate surface area is 93.7 Å². The van der Waals surface area contributed by atoms with Crippen molar-refractivity contribution in [3.63, 3.8) is 0 Å². The zero-order valence-corrected chi connectivity index (χ0v) is 10.2. The Balaban J connectivity index is 2.19. The van der Waals surface area contributed by atoms with Gasteiger partial charge in [0.15, 0.2) is 0 Å². The Kier molecular flexibility index (Phi) is 4.89. The molecule has 1 saturated heterocycles. The van der Waals surface area contributed by atoms with Crippen molar-refractivity contribution in [3.05, 3.63) is 0 Å². The maximum atomic E-state index is 11.5. The number of amides is 1. The van der Waals surface area contributed by atoms with Gasteiger partial charge in [0.1, 0.15) is 0 Å². The van der Waals surface area contributed by atoms with Crippen LogP contribution in [-0.4, -0.2) is 30.0 Å². The largest absolute Gasteiger partial charge is 0.379 e. The molecule has 0 aromatic heterocycles. The summed E-state index contributed by atoms with van der Waals surface area (Å²) in [6.45, 7) is 3.46. The molecule has 0 radical (unpaired) electrons. The lowest BCUT2D eigenvalue weighted by Gasteiger charge is -2.23. The fraction of sp³-hybridized carbons (Fsp3) is 0.900. The van der Waals surface area contributed by atoms with Crippen LogP contribution in [0.1, 0.15) is 32.6 Å². The molecule has 0 aromatic rings. The van der Waals surface area contributed by atoms with E-state index >= 15 is 0 Å². The SMILES string of the molecule is CC1(NC(=O)CCCCBr)CCOC1. The van der Waals surface area contributed by atoms with Crippen LogP contribution in [0.25, 0.3) is 0 Å². The van der Waals surface area contributed by atoms with E-state index in [1.807, 2.05) is 6.92 Å². The number of hydrogen-bond donors (Lipinski definition) is 1. The van der Waals surface area contributed by atoms with Gasteiger partial charge in [0, 0.05) is 18.4 Å². The van der Waals surface area contributed by atoms with Crippen molar-refractivity contribution in [3.8, 4) is 0 Å². The fourth-order valence-electron chi connectivity index (χ4n) is 1.54. The van der Waals surface area contributed by atoms with Gasteiger partial charge in [-0.1, -0.05) is 15.9 Å². The van der Waals surface area contributed by atoms with Crippen molar-refractivity contribution >= 4 is 21.8 Å². The van der Waals surface area contributed by atoms with E-state index in [2.05, 4.69) is 21.2 Å². The number of halogens is 1. The van der Waals surface area contributed by atoms with E-state index in [1.54, 1.807) is 0 Å². The molecule has 1 rings (SSSR count). The van der Waals surface area contributed by atoms with E-state index in [9.17, 15) is 4.79 Å². The molecule has 3 nitrogen and oxygen atoms in total. The van der Waals surface area contributed by atoms with Gasteiger partial charge in [-0.25, -0.2) is 0 Å². The molecule has 0 saturated carbocycles. The van der Waals surface area contributed by atoms with Gasteiger partial charge in [0.2, 0.25) is 5.91 Å². The van der Waals surface area contributed by atoms with Crippen LogP contribution in [0, 0.1) is 0 Å². The van der Waals surface area contributed by atoms with Crippen molar-refractivity contribution in [1.29, 1.82) is 0 Å². The molecule has 1 amide bonds. The molecule has 1 aliphatic rings. The second-order valence-electron chi connectivity index (χ2n) is 4.06. The highest BCUT2D eigenvalue weighted by Crippen LogP contribution is 2.17. The van der Waals surface area contributed by atoms with E-state index in [4.69, 9.17) is 4.74 Å². The summed E-state index contributed by atoms with van der Waals surface area (Å²) >= 11 is 3.35. The van der Waals surface area contributed by atoms with Gasteiger partial charge in [-0.05, 0) is 26.2 Å². The van der Waals surface area contributed by atoms with E-state index < -0.39 is 0 Å². The quantitative estimate of drug-likeness (QED) is 0.608. The predicted molar refractivity (Wildman–Crippen MR) is 59.6 cm³/mol. The Hall–Kier alpha value is -0.0900. The highest BCUT2D eigenvalue weighted by atomic mass is 79.9. The average molecular weight is 264 g/mol. The summed E-state index contributed by atoms with van der Waals surface area (Å²) in [5.41, 5.74) is -0.120. The lowest BCUT2D eigenvalue weighted by molar-refractivity contribution is -0.123.